The summed E-state index contributed by atoms with van der Waals surface area (Å²) in [6.07, 6.45) is 3.54. The van der Waals surface area contributed by atoms with Crippen LogP contribution in [0.1, 0.15) is 19.8 Å². The summed E-state index contributed by atoms with van der Waals surface area (Å²) in [7, 11) is 0. The molecule has 13 heavy (non-hydrogen) atoms. The van der Waals surface area contributed by atoms with E-state index in [2.05, 4.69) is 22.3 Å². The molecule has 5 nitrogen and oxygen atoms in total. The van der Waals surface area contributed by atoms with Gasteiger partial charge in [0.15, 0.2) is 0 Å². The van der Waals surface area contributed by atoms with E-state index in [-0.39, 0.29) is 0 Å². The zero-order valence-corrected chi connectivity index (χ0v) is 7.66. The van der Waals surface area contributed by atoms with Crippen LogP contribution in [0.2, 0.25) is 0 Å². The van der Waals surface area contributed by atoms with Crippen LogP contribution in [0.15, 0.2) is 12.4 Å². The number of nitrogen functional groups attached to an aromatic ring is 1. The smallest absolute Gasteiger partial charge is 0.218 e. The molecular weight excluding hydrogens is 168 g/mol. The highest BCUT2D eigenvalue weighted by atomic mass is 16.5. The SMILES string of the molecule is CCCCOc1cc(NN)ncn1. The molecule has 0 bridgehead atoms. The Hall–Kier alpha value is -1.36. The van der Waals surface area contributed by atoms with Gasteiger partial charge in [-0.05, 0) is 6.42 Å². The fraction of sp³-hybridized carbons (Fsp3) is 0.500. The third-order valence-corrected chi connectivity index (χ3v) is 1.54. The molecule has 0 aliphatic rings. The first kappa shape index (κ1) is 9.73. The van der Waals surface area contributed by atoms with Gasteiger partial charge in [-0.15, -0.1) is 0 Å². The van der Waals surface area contributed by atoms with Crippen LogP contribution in [-0.4, -0.2) is 16.6 Å². The standard InChI is InChI=1S/C8H14N4O/c1-2-3-4-13-8-5-7(12-9)10-6-11-8/h5-6H,2-4,9H2,1H3,(H,10,11,12). The number of rotatable bonds is 5. The van der Waals surface area contributed by atoms with Gasteiger partial charge < -0.3 is 10.2 Å². The second-order valence-corrected chi connectivity index (χ2v) is 2.59. The fourth-order valence-electron chi connectivity index (χ4n) is 0.818. The van der Waals surface area contributed by atoms with Crippen molar-refractivity contribution in [1.29, 1.82) is 0 Å². The average molecular weight is 182 g/mol. The summed E-state index contributed by atoms with van der Waals surface area (Å²) in [6.45, 7) is 2.79. The number of ether oxygens (including phenoxy) is 1. The Morgan fingerprint density at radius 1 is 1.54 bits per heavy atom. The van der Waals surface area contributed by atoms with Crippen LogP contribution in [0, 0.1) is 0 Å². The molecule has 1 aromatic rings. The lowest BCUT2D eigenvalue weighted by Gasteiger charge is -2.04. The molecule has 0 saturated heterocycles. The predicted molar refractivity (Wildman–Crippen MR) is 50.2 cm³/mol. The summed E-state index contributed by atoms with van der Waals surface area (Å²) < 4.78 is 5.34. The van der Waals surface area contributed by atoms with Gasteiger partial charge in [0.2, 0.25) is 5.88 Å². The average Bonchev–Trinajstić information content (AvgIpc) is 2.19. The Bertz CT molecular complexity index is 254. The Morgan fingerprint density at radius 3 is 3.08 bits per heavy atom. The largest absolute Gasteiger partial charge is 0.478 e. The maximum Gasteiger partial charge on any atom is 0.218 e. The van der Waals surface area contributed by atoms with Crippen LogP contribution < -0.4 is 16.0 Å². The van der Waals surface area contributed by atoms with Crippen molar-refractivity contribution in [3.05, 3.63) is 12.4 Å². The Kier molecular flexibility index (Phi) is 3.98. The highest BCUT2D eigenvalue weighted by Gasteiger charge is 1.96. The van der Waals surface area contributed by atoms with Gasteiger partial charge >= 0.3 is 0 Å². The molecule has 1 rings (SSSR count). The number of unbranched alkanes of at least 4 members (excludes halogenated alkanes) is 1. The molecule has 0 saturated carbocycles. The van der Waals surface area contributed by atoms with Crippen LogP contribution in [0.3, 0.4) is 0 Å². The summed E-state index contributed by atoms with van der Waals surface area (Å²) in [5, 5.41) is 0. The Balaban J connectivity index is 2.46. The van der Waals surface area contributed by atoms with Gasteiger partial charge in [0.1, 0.15) is 12.1 Å². The third kappa shape index (κ3) is 3.25. The van der Waals surface area contributed by atoms with E-state index in [1.807, 2.05) is 0 Å². The van der Waals surface area contributed by atoms with Gasteiger partial charge in [-0.1, -0.05) is 13.3 Å². The number of nitrogens with two attached hydrogens (primary N) is 1. The van der Waals surface area contributed by atoms with Gasteiger partial charge in [0.25, 0.3) is 0 Å². The van der Waals surface area contributed by atoms with Crippen molar-refractivity contribution in [2.75, 3.05) is 12.0 Å². The Labute approximate surface area is 77.3 Å². The van der Waals surface area contributed by atoms with Crippen molar-refractivity contribution in [2.24, 2.45) is 5.84 Å². The molecule has 0 radical (unpaired) electrons. The molecule has 0 fully saturated rings. The van der Waals surface area contributed by atoms with Crippen LogP contribution in [-0.2, 0) is 0 Å². The molecule has 0 aliphatic heterocycles. The number of aromatic nitrogens is 2. The van der Waals surface area contributed by atoms with E-state index in [0.717, 1.165) is 12.8 Å². The third-order valence-electron chi connectivity index (χ3n) is 1.54. The van der Waals surface area contributed by atoms with Crippen molar-refractivity contribution >= 4 is 5.82 Å². The van der Waals surface area contributed by atoms with E-state index >= 15 is 0 Å². The first-order valence-electron chi connectivity index (χ1n) is 4.28. The summed E-state index contributed by atoms with van der Waals surface area (Å²) in [5.41, 5.74) is 2.43. The number of hydrogen-bond acceptors (Lipinski definition) is 5. The zero-order chi connectivity index (χ0) is 9.52. The quantitative estimate of drug-likeness (QED) is 0.403. The molecular formula is C8H14N4O. The van der Waals surface area contributed by atoms with Gasteiger partial charge in [-0.25, -0.2) is 15.8 Å². The number of hydrogen-bond donors (Lipinski definition) is 2. The van der Waals surface area contributed by atoms with E-state index in [9.17, 15) is 0 Å². The van der Waals surface area contributed by atoms with Crippen LogP contribution >= 0.6 is 0 Å². The van der Waals surface area contributed by atoms with E-state index < -0.39 is 0 Å². The fourth-order valence-corrected chi connectivity index (χ4v) is 0.818. The van der Waals surface area contributed by atoms with Crippen molar-refractivity contribution in [1.82, 2.24) is 9.97 Å². The minimum Gasteiger partial charge on any atom is -0.478 e. The molecule has 72 valence electrons. The molecule has 0 amide bonds. The zero-order valence-electron chi connectivity index (χ0n) is 7.66. The molecule has 0 aromatic carbocycles. The van der Waals surface area contributed by atoms with E-state index in [1.165, 1.54) is 6.33 Å². The lowest BCUT2D eigenvalue weighted by molar-refractivity contribution is 0.297. The minimum atomic E-state index is 0.552. The number of nitrogens with zero attached hydrogens (tertiary/aromatic N) is 2. The molecule has 1 aromatic heterocycles. The van der Waals surface area contributed by atoms with Crippen molar-refractivity contribution in [2.45, 2.75) is 19.8 Å². The van der Waals surface area contributed by atoms with E-state index in [1.54, 1.807) is 6.07 Å². The predicted octanol–water partition coefficient (Wildman–Crippen LogP) is 0.941. The molecule has 0 atom stereocenters. The van der Waals surface area contributed by atoms with Gasteiger partial charge in [-0.2, -0.15) is 0 Å². The molecule has 3 N–H and O–H groups in total. The molecule has 0 unspecified atom stereocenters. The topological polar surface area (TPSA) is 73.1 Å². The second-order valence-electron chi connectivity index (χ2n) is 2.59. The lowest BCUT2D eigenvalue weighted by Crippen LogP contribution is -2.09. The van der Waals surface area contributed by atoms with Crippen molar-refractivity contribution in [3.63, 3.8) is 0 Å². The van der Waals surface area contributed by atoms with Crippen LogP contribution in [0.25, 0.3) is 0 Å². The monoisotopic (exact) mass is 182 g/mol. The maximum atomic E-state index is 5.34. The Morgan fingerprint density at radius 2 is 2.38 bits per heavy atom. The highest BCUT2D eigenvalue weighted by molar-refractivity contribution is 5.35. The summed E-state index contributed by atoms with van der Waals surface area (Å²) in [6, 6.07) is 1.66. The summed E-state index contributed by atoms with van der Waals surface area (Å²) in [5.74, 6) is 6.29. The molecule has 5 heteroatoms. The van der Waals surface area contributed by atoms with Crippen molar-refractivity contribution < 1.29 is 4.74 Å². The first-order chi connectivity index (χ1) is 6.36. The van der Waals surface area contributed by atoms with Gasteiger partial charge in [0.05, 0.1) is 6.61 Å². The number of anilines is 1. The molecule has 0 aliphatic carbocycles. The maximum absolute atomic E-state index is 5.34. The number of nitrogens with one attached hydrogen (secondary N) is 1. The van der Waals surface area contributed by atoms with Gasteiger partial charge in [0, 0.05) is 6.07 Å². The van der Waals surface area contributed by atoms with Crippen molar-refractivity contribution in [3.8, 4) is 5.88 Å². The van der Waals surface area contributed by atoms with Gasteiger partial charge in [-0.3, -0.25) is 0 Å². The first-order valence-corrected chi connectivity index (χ1v) is 4.28. The summed E-state index contributed by atoms with van der Waals surface area (Å²) >= 11 is 0. The number of hydrazine groups is 1. The van der Waals surface area contributed by atoms with E-state index in [4.69, 9.17) is 10.6 Å². The normalized spacial score (nSPS) is 9.69. The lowest BCUT2D eigenvalue weighted by atomic mass is 10.4. The van der Waals surface area contributed by atoms with Crippen LogP contribution in [0.5, 0.6) is 5.88 Å². The van der Waals surface area contributed by atoms with Crippen LogP contribution in [0.4, 0.5) is 5.82 Å². The molecule has 1 heterocycles. The molecule has 0 spiro atoms. The van der Waals surface area contributed by atoms with E-state index in [0.29, 0.717) is 18.3 Å². The highest BCUT2D eigenvalue weighted by Crippen LogP contribution is 2.09. The second kappa shape index (κ2) is 5.31. The minimum absolute atomic E-state index is 0.552. The summed E-state index contributed by atoms with van der Waals surface area (Å²) in [4.78, 5) is 7.79.